The summed E-state index contributed by atoms with van der Waals surface area (Å²) in [6.07, 6.45) is 0. The zero-order valence-electron chi connectivity index (χ0n) is 16.4. The van der Waals surface area contributed by atoms with Crippen molar-refractivity contribution in [3.05, 3.63) is 78.4 Å². The molecule has 0 bridgehead atoms. The Balaban J connectivity index is 1.37. The maximum atomic E-state index is 13.6. The summed E-state index contributed by atoms with van der Waals surface area (Å²) in [5.74, 6) is 0. The smallest absolute Gasteiger partial charge is 0.329 e. The summed E-state index contributed by atoms with van der Waals surface area (Å²) < 4.78 is 0. The summed E-state index contributed by atoms with van der Waals surface area (Å²) in [6.45, 7) is 2.85. The molecule has 0 N–H and O–H groups in total. The minimum atomic E-state index is 0.0229. The standard InChI is InChI=1S/C24H20N4OS/c25-17-18-9-11-19(12-10-18)26-13-15-27(16-14-26)24(29)28-20-5-1-3-7-22(20)30-23-8-4-2-6-21(23)28/h1-12H,13-16H2. The van der Waals surface area contributed by atoms with Gasteiger partial charge in [0.2, 0.25) is 0 Å². The van der Waals surface area contributed by atoms with Gasteiger partial charge in [-0.3, -0.25) is 4.90 Å². The van der Waals surface area contributed by atoms with Crippen molar-refractivity contribution in [2.75, 3.05) is 36.0 Å². The molecule has 1 fully saturated rings. The topological polar surface area (TPSA) is 50.6 Å². The van der Waals surface area contributed by atoms with Crippen molar-refractivity contribution < 1.29 is 4.79 Å². The highest BCUT2D eigenvalue weighted by Gasteiger charge is 2.32. The van der Waals surface area contributed by atoms with Gasteiger partial charge < -0.3 is 9.80 Å². The number of fused-ring (bicyclic) bond motifs is 2. The molecule has 5 nitrogen and oxygen atoms in total. The molecule has 2 aliphatic rings. The lowest BCUT2D eigenvalue weighted by Gasteiger charge is -2.40. The molecular formula is C24H20N4OS. The maximum Gasteiger partial charge on any atom is 0.329 e. The molecule has 148 valence electrons. The molecule has 0 unspecified atom stereocenters. The second kappa shape index (κ2) is 7.77. The quantitative estimate of drug-likeness (QED) is 0.558. The Morgan fingerprint density at radius 1 is 0.800 bits per heavy atom. The van der Waals surface area contributed by atoms with E-state index in [9.17, 15) is 4.79 Å². The number of amides is 2. The van der Waals surface area contributed by atoms with E-state index in [1.165, 1.54) is 0 Å². The third-order valence-corrected chi connectivity index (χ3v) is 6.67. The number of hydrogen-bond donors (Lipinski definition) is 0. The van der Waals surface area contributed by atoms with Gasteiger partial charge in [0.05, 0.1) is 23.0 Å². The molecule has 2 amide bonds. The summed E-state index contributed by atoms with van der Waals surface area (Å²) >= 11 is 1.71. The van der Waals surface area contributed by atoms with Crippen LogP contribution in [0.4, 0.5) is 21.9 Å². The summed E-state index contributed by atoms with van der Waals surface area (Å²) in [5, 5.41) is 8.98. The number of urea groups is 1. The molecule has 3 aromatic rings. The largest absolute Gasteiger partial charge is 0.368 e. The SMILES string of the molecule is N#Cc1ccc(N2CCN(C(=O)N3c4ccccc4Sc4ccccc43)CC2)cc1. The first-order valence-electron chi connectivity index (χ1n) is 9.94. The van der Waals surface area contributed by atoms with E-state index >= 15 is 0 Å². The van der Waals surface area contributed by atoms with E-state index in [0.717, 1.165) is 39.9 Å². The van der Waals surface area contributed by atoms with Crippen LogP contribution in [0.3, 0.4) is 0 Å². The number of piperazine rings is 1. The maximum absolute atomic E-state index is 13.6. The number of para-hydroxylation sites is 2. The van der Waals surface area contributed by atoms with Crippen LogP contribution in [0, 0.1) is 11.3 Å². The number of nitriles is 1. The Bertz CT molecular complexity index is 1080. The van der Waals surface area contributed by atoms with Gasteiger partial charge in [-0.05, 0) is 48.5 Å². The summed E-state index contributed by atoms with van der Waals surface area (Å²) in [4.78, 5) is 21.8. The number of carbonyl (C=O) groups excluding carboxylic acids is 1. The zero-order valence-corrected chi connectivity index (χ0v) is 17.2. The lowest BCUT2D eigenvalue weighted by Crippen LogP contribution is -2.52. The van der Waals surface area contributed by atoms with E-state index in [1.54, 1.807) is 11.8 Å². The fraction of sp³-hybridized carbons (Fsp3) is 0.167. The van der Waals surface area contributed by atoms with E-state index in [2.05, 4.69) is 23.1 Å². The lowest BCUT2D eigenvalue weighted by atomic mass is 10.2. The van der Waals surface area contributed by atoms with E-state index in [-0.39, 0.29) is 6.03 Å². The third-order valence-electron chi connectivity index (χ3n) is 5.54. The number of benzene rings is 3. The molecule has 2 aliphatic heterocycles. The second-order valence-electron chi connectivity index (χ2n) is 7.29. The van der Waals surface area contributed by atoms with Crippen molar-refractivity contribution in [2.45, 2.75) is 9.79 Å². The van der Waals surface area contributed by atoms with E-state index in [4.69, 9.17) is 5.26 Å². The average Bonchev–Trinajstić information content (AvgIpc) is 2.82. The van der Waals surface area contributed by atoms with Crippen molar-refractivity contribution in [1.82, 2.24) is 4.90 Å². The predicted octanol–water partition coefficient (Wildman–Crippen LogP) is 5.10. The second-order valence-corrected chi connectivity index (χ2v) is 8.37. The molecule has 0 atom stereocenters. The van der Waals surface area contributed by atoms with Crippen LogP contribution in [-0.2, 0) is 0 Å². The Hall–Kier alpha value is -3.43. The van der Waals surface area contributed by atoms with Gasteiger partial charge in [0.1, 0.15) is 0 Å². The van der Waals surface area contributed by atoms with Gasteiger partial charge in [0, 0.05) is 41.7 Å². The molecule has 3 aromatic carbocycles. The first-order valence-corrected chi connectivity index (χ1v) is 10.8. The molecule has 1 saturated heterocycles. The normalized spacial score (nSPS) is 15.2. The summed E-state index contributed by atoms with van der Waals surface area (Å²) in [7, 11) is 0. The molecule has 2 heterocycles. The lowest BCUT2D eigenvalue weighted by molar-refractivity contribution is 0.203. The molecule has 0 aliphatic carbocycles. The Kier molecular flexibility index (Phi) is 4.82. The Labute approximate surface area is 180 Å². The minimum Gasteiger partial charge on any atom is -0.368 e. The number of rotatable bonds is 1. The predicted molar refractivity (Wildman–Crippen MR) is 119 cm³/mol. The molecular weight excluding hydrogens is 392 g/mol. The highest BCUT2D eigenvalue weighted by Crippen LogP contribution is 2.48. The van der Waals surface area contributed by atoms with Crippen molar-refractivity contribution in [3.63, 3.8) is 0 Å². The van der Waals surface area contributed by atoms with Crippen LogP contribution in [0.2, 0.25) is 0 Å². The van der Waals surface area contributed by atoms with Crippen molar-refractivity contribution in [2.24, 2.45) is 0 Å². The number of anilines is 3. The molecule has 0 aromatic heterocycles. The zero-order chi connectivity index (χ0) is 20.5. The van der Waals surface area contributed by atoms with Crippen LogP contribution < -0.4 is 9.80 Å². The number of carbonyl (C=O) groups is 1. The van der Waals surface area contributed by atoms with E-state index in [0.29, 0.717) is 18.7 Å². The van der Waals surface area contributed by atoms with Gasteiger partial charge in [0.15, 0.2) is 0 Å². The van der Waals surface area contributed by atoms with E-state index in [1.807, 2.05) is 70.5 Å². The number of nitrogens with zero attached hydrogens (tertiary/aromatic N) is 4. The van der Waals surface area contributed by atoms with Gasteiger partial charge in [-0.15, -0.1) is 0 Å². The third kappa shape index (κ3) is 3.27. The molecule has 0 radical (unpaired) electrons. The number of hydrogen-bond acceptors (Lipinski definition) is 4. The molecule has 30 heavy (non-hydrogen) atoms. The molecule has 0 saturated carbocycles. The van der Waals surface area contributed by atoms with Crippen molar-refractivity contribution in [1.29, 1.82) is 5.26 Å². The Morgan fingerprint density at radius 3 is 1.93 bits per heavy atom. The van der Waals surface area contributed by atoms with Gasteiger partial charge in [-0.25, -0.2) is 4.79 Å². The van der Waals surface area contributed by atoms with Crippen LogP contribution in [0.5, 0.6) is 0 Å². The monoisotopic (exact) mass is 412 g/mol. The van der Waals surface area contributed by atoms with Gasteiger partial charge in [-0.2, -0.15) is 5.26 Å². The summed E-state index contributed by atoms with van der Waals surface area (Å²) in [6, 6.07) is 26.0. The highest BCUT2D eigenvalue weighted by atomic mass is 32.2. The molecule has 6 heteroatoms. The van der Waals surface area contributed by atoms with Crippen LogP contribution in [0.25, 0.3) is 0 Å². The Morgan fingerprint density at radius 2 is 1.37 bits per heavy atom. The van der Waals surface area contributed by atoms with E-state index < -0.39 is 0 Å². The minimum absolute atomic E-state index is 0.0229. The summed E-state index contributed by atoms with van der Waals surface area (Å²) in [5.41, 5.74) is 3.64. The first kappa shape index (κ1) is 18.6. The van der Waals surface area contributed by atoms with Crippen LogP contribution in [0.1, 0.15) is 5.56 Å². The average molecular weight is 413 g/mol. The van der Waals surface area contributed by atoms with Gasteiger partial charge in [0.25, 0.3) is 0 Å². The first-order chi connectivity index (χ1) is 14.7. The fourth-order valence-corrected chi connectivity index (χ4v) is 5.01. The van der Waals surface area contributed by atoms with Crippen molar-refractivity contribution in [3.8, 4) is 6.07 Å². The van der Waals surface area contributed by atoms with Gasteiger partial charge >= 0.3 is 6.03 Å². The molecule has 5 rings (SSSR count). The van der Waals surface area contributed by atoms with Crippen LogP contribution in [-0.4, -0.2) is 37.1 Å². The van der Waals surface area contributed by atoms with Crippen molar-refractivity contribution >= 4 is 34.9 Å². The molecule has 0 spiro atoms. The van der Waals surface area contributed by atoms with Crippen LogP contribution in [0.15, 0.2) is 82.6 Å². The van der Waals surface area contributed by atoms with Crippen LogP contribution >= 0.6 is 11.8 Å². The highest BCUT2D eigenvalue weighted by molar-refractivity contribution is 7.99. The fourth-order valence-electron chi connectivity index (χ4n) is 3.95. The van der Waals surface area contributed by atoms with Gasteiger partial charge in [-0.1, -0.05) is 36.0 Å².